The van der Waals surface area contributed by atoms with Crippen LogP contribution in [-0.2, 0) is 4.79 Å². The number of nitriles is 1. The minimum Gasteiger partial charge on any atom is -0.482 e. The first-order valence-corrected chi connectivity index (χ1v) is 8.93. The normalized spacial score (nSPS) is 17.2. The molecule has 1 atom stereocenters. The van der Waals surface area contributed by atoms with E-state index in [-0.39, 0.29) is 24.5 Å². The summed E-state index contributed by atoms with van der Waals surface area (Å²) in [5.74, 6) is 2.05. The average molecular weight is 353 g/mol. The van der Waals surface area contributed by atoms with Gasteiger partial charge in [-0.05, 0) is 31.4 Å². The maximum Gasteiger partial charge on any atom is 0.261 e. The maximum atomic E-state index is 12.8. The summed E-state index contributed by atoms with van der Waals surface area (Å²) in [4.78, 5) is 19.1. The Morgan fingerprint density at radius 2 is 2.23 bits per heavy atom. The molecule has 1 aliphatic rings. The Labute approximate surface area is 153 Å². The Hall–Kier alpha value is -2.88. The van der Waals surface area contributed by atoms with Crippen LogP contribution in [0.15, 0.2) is 24.3 Å². The molecule has 1 unspecified atom stereocenters. The molecule has 7 nitrogen and oxygen atoms in total. The van der Waals surface area contributed by atoms with E-state index in [1.807, 2.05) is 18.7 Å². The first-order chi connectivity index (χ1) is 12.6. The summed E-state index contributed by atoms with van der Waals surface area (Å²) >= 11 is 0. The molecule has 0 spiro atoms. The first-order valence-electron chi connectivity index (χ1n) is 8.93. The van der Waals surface area contributed by atoms with E-state index in [0.29, 0.717) is 17.9 Å². The lowest BCUT2D eigenvalue weighted by atomic mass is 10.0. The van der Waals surface area contributed by atoms with E-state index in [0.717, 1.165) is 30.9 Å². The van der Waals surface area contributed by atoms with E-state index in [1.165, 1.54) is 0 Å². The van der Waals surface area contributed by atoms with Crippen molar-refractivity contribution in [2.24, 2.45) is 0 Å². The zero-order valence-corrected chi connectivity index (χ0v) is 15.1. The van der Waals surface area contributed by atoms with Crippen molar-refractivity contribution < 1.29 is 9.53 Å². The molecule has 1 aromatic carbocycles. The van der Waals surface area contributed by atoms with Crippen molar-refractivity contribution in [3.8, 4) is 11.8 Å². The number of piperidine rings is 1. The standard InChI is InChI=1S/C19H23N5O2/c1-13(2)18-21-19(23-22-18)15-8-5-6-10-24(15)17(25)12-26-16-9-4-3-7-14(16)11-20/h3-4,7,9,13,15H,5-6,8,10,12H2,1-2H3,(H,21,22,23). The number of aromatic nitrogens is 3. The van der Waals surface area contributed by atoms with Crippen LogP contribution in [0.3, 0.4) is 0 Å². The van der Waals surface area contributed by atoms with Crippen molar-refractivity contribution in [3.05, 3.63) is 41.5 Å². The van der Waals surface area contributed by atoms with Gasteiger partial charge >= 0.3 is 0 Å². The molecule has 136 valence electrons. The van der Waals surface area contributed by atoms with Crippen LogP contribution in [0.2, 0.25) is 0 Å². The van der Waals surface area contributed by atoms with E-state index >= 15 is 0 Å². The Kier molecular flexibility index (Phi) is 5.52. The predicted molar refractivity (Wildman–Crippen MR) is 95.4 cm³/mol. The van der Waals surface area contributed by atoms with Crippen LogP contribution in [-0.4, -0.2) is 39.1 Å². The fourth-order valence-corrected chi connectivity index (χ4v) is 3.12. The van der Waals surface area contributed by atoms with Crippen LogP contribution < -0.4 is 4.74 Å². The Bertz CT molecular complexity index is 808. The monoisotopic (exact) mass is 353 g/mol. The number of para-hydroxylation sites is 1. The van der Waals surface area contributed by atoms with Crippen molar-refractivity contribution in [2.45, 2.75) is 45.1 Å². The quantitative estimate of drug-likeness (QED) is 0.892. The van der Waals surface area contributed by atoms with Crippen molar-refractivity contribution in [2.75, 3.05) is 13.2 Å². The van der Waals surface area contributed by atoms with E-state index in [4.69, 9.17) is 10.00 Å². The topological polar surface area (TPSA) is 94.9 Å². The number of hydrogen-bond donors (Lipinski definition) is 1. The van der Waals surface area contributed by atoms with Crippen LogP contribution >= 0.6 is 0 Å². The third-order valence-electron chi connectivity index (χ3n) is 4.53. The van der Waals surface area contributed by atoms with E-state index < -0.39 is 0 Å². The fourth-order valence-electron chi connectivity index (χ4n) is 3.12. The lowest BCUT2D eigenvalue weighted by molar-refractivity contribution is -0.137. The second-order valence-corrected chi connectivity index (χ2v) is 6.73. The summed E-state index contributed by atoms with van der Waals surface area (Å²) in [6.45, 7) is 4.65. The van der Waals surface area contributed by atoms with Gasteiger partial charge in [-0.25, -0.2) is 4.98 Å². The highest BCUT2D eigenvalue weighted by Crippen LogP contribution is 2.29. The van der Waals surface area contributed by atoms with Crippen LogP contribution in [0.5, 0.6) is 5.75 Å². The number of hydrogen-bond acceptors (Lipinski definition) is 5. The summed E-state index contributed by atoms with van der Waals surface area (Å²) < 4.78 is 5.61. The molecule has 0 bridgehead atoms. The number of aromatic amines is 1. The molecule has 1 fully saturated rings. The SMILES string of the molecule is CC(C)c1n[nH]c(C2CCCCN2C(=O)COc2ccccc2C#N)n1. The molecular weight excluding hydrogens is 330 g/mol. The maximum absolute atomic E-state index is 12.8. The van der Waals surface area contributed by atoms with Gasteiger partial charge in [-0.2, -0.15) is 10.4 Å². The summed E-state index contributed by atoms with van der Waals surface area (Å²) in [5.41, 5.74) is 0.423. The number of carbonyl (C=O) groups excluding carboxylic acids is 1. The van der Waals surface area contributed by atoms with Crippen LogP contribution in [0, 0.1) is 11.3 Å². The Morgan fingerprint density at radius 1 is 1.42 bits per heavy atom. The van der Waals surface area contributed by atoms with Crippen molar-refractivity contribution in [1.82, 2.24) is 20.1 Å². The third kappa shape index (κ3) is 3.85. The van der Waals surface area contributed by atoms with Gasteiger partial charge < -0.3 is 9.64 Å². The molecule has 1 amide bonds. The summed E-state index contributed by atoms with van der Waals surface area (Å²) in [5, 5.41) is 16.4. The minimum absolute atomic E-state index is 0.0969. The predicted octanol–water partition coefficient (Wildman–Crippen LogP) is 2.93. The van der Waals surface area contributed by atoms with Crippen molar-refractivity contribution in [3.63, 3.8) is 0 Å². The second-order valence-electron chi connectivity index (χ2n) is 6.73. The smallest absolute Gasteiger partial charge is 0.261 e. The number of carbonyl (C=O) groups is 1. The molecule has 3 rings (SSSR count). The average Bonchev–Trinajstić information content (AvgIpc) is 3.16. The highest BCUT2D eigenvalue weighted by molar-refractivity contribution is 5.78. The summed E-state index contributed by atoms with van der Waals surface area (Å²) in [6, 6.07) is 8.89. The number of amides is 1. The third-order valence-corrected chi connectivity index (χ3v) is 4.53. The molecule has 1 N–H and O–H groups in total. The molecule has 1 saturated heterocycles. The van der Waals surface area contributed by atoms with Gasteiger partial charge in [0.15, 0.2) is 12.4 Å². The number of H-pyrrole nitrogens is 1. The van der Waals surface area contributed by atoms with Crippen LogP contribution in [0.1, 0.15) is 62.3 Å². The van der Waals surface area contributed by atoms with Crippen LogP contribution in [0.4, 0.5) is 0 Å². The Morgan fingerprint density at radius 3 is 2.96 bits per heavy atom. The van der Waals surface area contributed by atoms with Gasteiger partial charge in [-0.1, -0.05) is 26.0 Å². The first kappa shape index (κ1) is 17.9. The zero-order valence-electron chi connectivity index (χ0n) is 15.1. The lowest BCUT2D eigenvalue weighted by Gasteiger charge is -2.34. The summed E-state index contributed by atoms with van der Waals surface area (Å²) in [6.07, 6.45) is 2.86. The molecule has 1 aromatic heterocycles. The van der Waals surface area contributed by atoms with Gasteiger partial charge in [0, 0.05) is 12.5 Å². The minimum atomic E-state index is -0.107. The molecular formula is C19H23N5O2. The van der Waals surface area contributed by atoms with Gasteiger partial charge in [-0.15, -0.1) is 0 Å². The molecule has 0 aliphatic carbocycles. The molecule has 2 heterocycles. The number of likely N-dealkylation sites (tertiary alicyclic amines) is 1. The zero-order chi connectivity index (χ0) is 18.5. The largest absolute Gasteiger partial charge is 0.482 e. The highest BCUT2D eigenvalue weighted by Gasteiger charge is 2.31. The van der Waals surface area contributed by atoms with Gasteiger partial charge in [0.05, 0.1) is 11.6 Å². The lowest BCUT2D eigenvalue weighted by Crippen LogP contribution is -2.41. The van der Waals surface area contributed by atoms with Gasteiger partial charge in [0.25, 0.3) is 5.91 Å². The van der Waals surface area contributed by atoms with Gasteiger partial charge in [-0.3, -0.25) is 9.89 Å². The molecule has 0 radical (unpaired) electrons. The van der Waals surface area contributed by atoms with E-state index in [1.54, 1.807) is 24.3 Å². The molecule has 2 aromatic rings. The highest BCUT2D eigenvalue weighted by atomic mass is 16.5. The number of rotatable bonds is 5. The molecule has 26 heavy (non-hydrogen) atoms. The fraction of sp³-hybridized carbons (Fsp3) is 0.474. The number of nitrogens with one attached hydrogen (secondary N) is 1. The summed E-state index contributed by atoms with van der Waals surface area (Å²) in [7, 11) is 0. The molecule has 0 saturated carbocycles. The molecule has 1 aliphatic heterocycles. The van der Waals surface area contributed by atoms with Gasteiger partial charge in [0.2, 0.25) is 0 Å². The number of nitrogens with zero attached hydrogens (tertiary/aromatic N) is 4. The van der Waals surface area contributed by atoms with E-state index in [2.05, 4.69) is 21.3 Å². The van der Waals surface area contributed by atoms with Crippen molar-refractivity contribution >= 4 is 5.91 Å². The number of benzene rings is 1. The number of ether oxygens (including phenoxy) is 1. The van der Waals surface area contributed by atoms with Crippen molar-refractivity contribution in [1.29, 1.82) is 5.26 Å². The van der Waals surface area contributed by atoms with E-state index in [9.17, 15) is 4.79 Å². The van der Waals surface area contributed by atoms with Crippen LogP contribution in [0.25, 0.3) is 0 Å². The Balaban J connectivity index is 1.70. The van der Waals surface area contributed by atoms with Gasteiger partial charge in [0.1, 0.15) is 17.6 Å². The second kappa shape index (κ2) is 8.00. The molecule has 7 heteroatoms.